The fraction of sp³-hybridized carbons (Fsp3) is 0.462. The summed E-state index contributed by atoms with van der Waals surface area (Å²) in [5.74, 6) is 0.568. The molecule has 3 nitrogen and oxygen atoms in total. The highest BCUT2D eigenvalue weighted by Crippen LogP contribution is 2.32. The van der Waals surface area contributed by atoms with Gasteiger partial charge in [0.15, 0.2) is 6.61 Å². The van der Waals surface area contributed by atoms with Gasteiger partial charge in [0.05, 0.1) is 4.47 Å². The van der Waals surface area contributed by atoms with E-state index >= 15 is 0 Å². The molecule has 0 spiro atoms. The summed E-state index contributed by atoms with van der Waals surface area (Å²) in [6.45, 7) is 7.76. The van der Waals surface area contributed by atoms with Crippen LogP contribution in [0.15, 0.2) is 21.1 Å². The van der Waals surface area contributed by atoms with E-state index in [4.69, 9.17) is 4.74 Å². The quantitative estimate of drug-likeness (QED) is 0.868. The van der Waals surface area contributed by atoms with Crippen LogP contribution < -0.4 is 10.1 Å². The predicted octanol–water partition coefficient (Wildman–Crippen LogP) is 3.81. The van der Waals surface area contributed by atoms with Crippen molar-refractivity contribution in [2.75, 3.05) is 6.61 Å². The van der Waals surface area contributed by atoms with E-state index in [2.05, 4.69) is 37.2 Å². The van der Waals surface area contributed by atoms with Crippen molar-refractivity contribution in [2.24, 2.45) is 0 Å². The van der Waals surface area contributed by atoms with Crippen molar-refractivity contribution in [2.45, 2.75) is 33.2 Å². The summed E-state index contributed by atoms with van der Waals surface area (Å²) >= 11 is 6.82. The molecule has 1 aromatic carbocycles. The van der Waals surface area contributed by atoms with Crippen molar-refractivity contribution >= 4 is 37.8 Å². The van der Waals surface area contributed by atoms with Gasteiger partial charge in [-0.3, -0.25) is 4.79 Å². The fourth-order valence-corrected chi connectivity index (χ4v) is 3.02. The van der Waals surface area contributed by atoms with E-state index < -0.39 is 0 Å². The maximum Gasteiger partial charge on any atom is 0.258 e. The molecule has 5 heteroatoms. The number of hydrogen-bond donors (Lipinski definition) is 1. The number of hydrogen-bond acceptors (Lipinski definition) is 2. The van der Waals surface area contributed by atoms with Crippen LogP contribution in [-0.2, 0) is 4.79 Å². The maximum absolute atomic E-state index is 11.7. The highest BCUT2D eigenvalue weighted by molar-refractivity contribution is 9.11. The molecule has 0 aliphatic heterocycles. The molecule has 1 rings (SSSR count). The topological polar surface area (TPSA) is 38.3 Å². The molecule has 18 heavy (non-hydrogen) atoms. The van der Waals surface area contributed by atoms with Crippen molar-refractivity contribution in [1.82, 2.24) is 5.32 Å². The van der Waals surface area contributed by atoms with Crippen molar-refractivity contribution in [1.29, 1.82) is 0 Å². The lowest BCUT2D eigenvalue weighted by Gasteiger charge is -2.21. The lowest BCUT2D eigenvalue weighted by atomic mass is 10.1. The lowest BCUT2D eigenvalue weighted by molar-refractivity contribution is -0.124. The first-order valence-electron chi connectivity index (χ1n) is 5.58. The largest absolute Gasteiger partial charge is 0.482 e. The van der Waals surface area contributed by atoms with Crippen LogP contribution in [0.2, 0.25) is 0 Å². The average molecular weight is 379 g/mol. The Kier molecular flexibility index (Phi) is 5.22. The Balaban J connectivity index is 2.67. The standard InChI is InChI=1S/C13H17Br2NO2/c1-8-5-9(14)6-10(15)12(8)18-7-11(17)16-13(2,3)4/h5-6H,7H2,1-4H3,(H,16,17). The van der Waals surface area contributed by atoms with E-state index in [1.54, 1.807) is 0 Å². The minimum absolute atomic E-state index is 0.0122. The van der Waals surface area contributed by atoms with E-state index in [0.717, 1.165) is 14.5 Å². The molecule has 0 aromatic heterocycles. The van der Waals surface area contributed by atoms with Gasteiger partial charge in [-0.05, 0) is 61.3 Å². The van der Waals surface area contributed by atoms with Gasteiger partial charge in [0, 0.05) is 10.0 Å². The van der Waals surface area contributed by atoms with E-state index in [0.29, 0.717) is 5.75 Å². The zero-order valence-corrected chi connectivity index (χ0v) is 14.1. The first kappa shape index (κ1) is 15.5. The van der Waals surface area contributed by atoms with Crippen molar-refractivity contribution in [3.8, 4) is 5.75 Å². The highest BCUT2D eigenvalue weighted by atomic mass is 79.9. The van der Waals surface area contributed by atoms with E-state index in [1.807, 2.05) is 39.8 Å². The SMILES string of the molecule is Cc1cc(Br)cc(Br)c1OCC(=O)NC(C)(C)C. The van der Waals surface area contributed by atoms with E-state index in [1.165, 1.54) is 0 Å². The molecule has 0 atom stereocenters. The summed E-state index contributed by atoms with van der Waals surface area (Å²) in [6, 6.07) is 3.84. The van der Waals surface area contributed by atoms with Crippen molar-refractivity contribution in [3.05, 3.63) is 26.6 Å². The number of carbonyl (C=O) groups excluding carboxylic acids is 1. The Bertz CT molecular complexity index is 430. The van der Waals surface area contributed by atoms with Crippen molar-refractivity contribution < 1.29 is 9.53 Å². The molecular formula is C13H17Br2NO2. The second kappa shape index (κ2) is 6.06. The molecule has 0 aliphatic rings. The van der Waals surface area contributed by atoms with Crippen molar-refractivity contribution in [3.63, 3.8) is 0 Å². The molecular weight excluding hydrogens is 362 g/mol. The third kappa shape index (κ3) is 4.98. The predicted molar refractivity (Wildman–Crippen MR) is 80.0 cm³/mol. The van der Waals surface area contributed by atoms with Gasteiger partial charge in [0.1, 0.15) is 5.75 Å². The fourth-order valence-electron chi connectivity index (χ4n) is 1.46. The smallest absolute Gasteiger partial charge is 0.258 e. The van der Waals surface area contributed by atoms with Gasteiger partial charge in [-0.1, -0.05) is 15.9 Å². The number of aryl methyl sites for hydroxylation is 1. The van der Waals surface area contributed by atoms with Crippen LogP contribution in [0.3, 0.4) is 0 Å². The zero-order chi connectivity index (χ0) is 13.9. The lowest BCUT2D eigenvalue weighted by Crippen LogP contribution is -2.43. The maximum atomic E-state index is 11.7. The molecule has 0 unspecified atom stereocenters. The molecule has 0 fully saturated rings. The molecule has 1 amide bonds. The second-order valence-electron chi connectivity index (χ2n) is 5.12. The summed E-state index contributed by atoms with van der Waals surface area (Å²) in [5.41, 5.74) is 0.728. The molecule has 0 saturated carbocycles. The van der Waals surface area contributed by atoms with Gasteiger partial charge in [0.25, 0.3) is 5.91 Å². The summed E-state index contributed by atoms with van der Waals surface area (Å²) in [5, 5.41) is 2.85. The monoisotopic (exact) mass is 377 g/mol. The summed E-state index contributed by atoms with van der Waals surface area (Å²) < 4.78 is 7.35. The third-order valence-electron chi connectivity index (χ3n) is 2.06. The van der Waals surface area contributed by atoms with E-state index in [-0.39, 0.29) is 18.1 Å². The molecule has 1 aromatic rings. The molecule has 1 N–H and O–H groups in total. The summed E-state index contributed by atoms with van der Waals surface area (Å²) in [6.07, 6.45) is 0. The summed E-state index contributed by atoms with van der Waals surface area (Å²) in [7, 11) is 0. The normalized spacial score (nSPS) is 11.2. The molecule has 0 radical (unpaired) electrons. The van der Waals surface area contributed by atoms with Crippen LogP contribution in [0.1, 0.15) is 26.3 Å². The molecule has 0 heterocycles. The first-order valence-corrected chi connectivity index (χ1v) is 7.17. The number of halogens is 2. The summed E-state index contributed by atoms with van der Waals surface area (Å²) in [4.78, 5) is 11.7. The number of carbonyl (C=O) groups is 1. The first-order chi connectivity index (χ1) is 8.19. The second-order valence-corrected chi connectivity index (χ2v) is 6.89. The van der Waals surface area contributed by atoms with Gasteiger partial charge in [0.2, 0.25) is 0 Å². The zero-order valence-electron chi connectivity index (χ0n) is 10.9. The number of benzene rings is 1. The minimum atomic E-state index is -0.244. The Labute approximate surface area is 125 Å². The van der Waals surface area contributed by atoms with Crippen LogP contribution in [-0.4, -0.2) is 18.1 Å². The van der Waals surface area contributed by atoms with Gasteiger partial charge in [-0.25, -0.2) is 0 Å². The Morgan fingerprint density at radius 3 is 2.44 bits per heavy atom. The van der Waals surface area contributed by atoms with Crippen LogP contribution in [0.4, 0.5) is 0 Å². The van der Waals surface area contributed by atoms with Gasteiger partial charge >= 0.3 is 0 Å². The number of nitrogens with one attached hydrogen (secondary N) is 1. The molecule has 0 bridgehead atoms. The van der Waals surface area contributed by atoms with Crippen LogP contribution in [0, 0.1) is 6.92 Å². The minimum Gasteiger partial charge on any atom is -0.482 e. The Hall–Kier alpha value is -0.550. The van der Waals surface area contributed by atoms with Gasteiger partial charge in [-0.2, -0.15) is 0 Å². The highest BCUT2D eigenvalue weighted by Gasteiger charge is 2.15. The molecule has 0 saturated heterocycles. The molecule has 0 aliphatic carbocycles. The van der Waals surface area contributed by atoms with Gasteiger partial charge < -0.3 is 10.1 Å². The Morgan fingerprint density at radius 2 is 1.94 bits per heavy atom. The number of ether oxygens (including phenoxy) is 1. The number of rotatable bonds is 3. The Morgan fingerprint density at radius 1 is 1.33 bits per heavy atom. The van der Waals surface area contributed by atoms with Gasteiger partial charge in [-0.15, -0.1) is 0 Å². The van der Waals surface area contributed by atoms with E-state index in [9.17, 15) is 4.79 Å². The molecule has 100 valence electrons. The average Bonchev–Trinajstić information content (AvgIpc) is 2.12. The van der Waals surface area contributed by atoms with Crippen LogP contribution in [0.25, 0.3) is 0 Å². The number of amides is 1. The van der Waals surface area contributed by atoms with Crippen LogP contribution in [0.5, 0.6) is 5.75 Å². The van der Waals surface area contributed by atoms with Crippen LogP contribution >= 0.6 is 31.9 Å². The third-order valence-corrected chi connectivity index (χ3v) is 3.10.